The fourth-order valence-electron chi connectivity index (χ4n) is 4.02. The SMILES string of the molecule is CCN(CCC(C)N(C)Cc1ccc(N2CCCC2)c(C(F)(F)F)c1)C(=O)OC(C(F)(F)F)C(F)(F)F. The standard InChI is InChI=1S/C23H30F9N3O2/c1-4-34(20(36)37-19(22(27,28)29)23(30,31)32)12-9-15(2)33(3)14-16-7-8-18(35-10-5-6-11-35)17(13-16)21(24,25)26/h7-8,13,15,19H,4-6,9-12,14H2,1-3H3. The molecule has 1 atom stereocenters. The highest BCUT2D eigenvalue weighted by atomic mass is 19.4. The van der Waals surface area contributed by atoms with Crippen molar-refractivity contribution in [1.29, 1.82) is 0 Å². The number of hydrogen-bond donors (Lipinski definition) is 0. The molecule has 37 heavy (non-hydrogen) atoms. The largest absolute Gasteiger partial charge is 0.434 e. The Morgan fingerprint density at radius 2 is 1.59 bits per heavy atom. The Kier molecular flexibility index (Phi) is 10.00. The molecule has 0 spiro atoms. The molecular formula is C23H30F9N3O2. The van der Waals surface area contributed by atoms with Crippen molar-refractivity contribution in [2.24, 2.45) is 0 Å². The fraction of sp³-hybridized carbons (Fsp3) is 0.696. The normalized spacial score (nSPS) is 16.0. The van der Waals surface area contributed by atoms with E-state index in [0.717, 1.165) is 18.9 Å². The molecule has 1 heterocycles. The zero-order valence-electron chi connectivity index (χ0n) is 20.6. The van der Waals surface area contributed by atoms with Crippen LogP contribution in [0.1, 0.15) is 44.2 Å². The van der Waals surface area contributed by atoms with Crippen molar-refractivity contribution in [3.63, 3.8) is 0 Å². The Bertz CT molecular complexity index is 883. The van der Waals surface area contributed by atoms with Crippen LogP contribution in [0.5, 0.6) is 0 Å². The predicted molar refractivity (Wildman–Crippen MR) is 118 cm³/mol. The van der Waals surface area contributed by atoms with Crippen molar-refractivity contribution in [3.05, 3.63) is 29.3 Å². The summed E-state index contributed by atoms with van der Waals surface area (Å²) in [4.78, 5) is 16.1. The summed E-state index contributed by atoms with van der Waals surface area (Å²) in [5.41, 5.74) is -0.233. The molecule has 1 unspecified atom stereocenters. The second-order valence-electron chi connectivity index (χ2n) is 9.02. The van der Waals surface area contributed by atoms with Gasteiger partial charge >= 0.3 is 24.6 Å². The minimum Gasteiger partial charge on any atom is -0.426 e. The molecule has 0 N–H and O–H groups in total. The Morgan fingerprint density at radius 3 is 2.08 bits per heavy atom. The zero-order valence-corrected chi connectivity index (χ0v) is 20.6. The maximum Gasteiger partial charge on any atom is 0.434 e. The van der Waals surface area contributed by atoms with Crippen molar-refractivity contribution in [3.8, 4) is 0 Å². The Balaban J connectivity index is 2.03. The van der Waals surface area contributed by atoms with Gasteiger partial charge in [-0.1, -0.05) is 6.07 Å². The van der Waals surface area contributed by atoms with Gasteiger partial charge in [0.15, 0.2) is 0 Å². The summed E-state index contributed by atoms with van der Waals surface area (Å²) in [6.45, 7) is 3.81. The van der Waals surface area contributed by atoms with E-state index in [-0.39, 0.29) is 37.8 Å². The molecule has 212 valence electrons. The van der Waals surface area contributed by atoms with Crippen LogP contribution in [0.25, 0.3) is 0 Å². The van der Waals surface area contributed by atoms with Gasteiger partial charge in [0.2, 0.25) is 0 Å². The number of amides is 1. The van der Waals surface area contributed by atoms with E-state index in [1.165, 1.54) is 13.0 Å². The minimum atomic E-state index is -5.82. The number of anilines is 1. The van der Waals surface area contributed by atoms with Gasteiger partial charge in [-0.2, -0.15) is 39.5 Å². The molecule has 0 radical (unpaired) electrons. The maximum atomic E-state index is 13.7. The number of carbonyl (C=O) groups excluding carboxylic acids is 1. The van der Waals surface area contributed by atoms with Crippen LogP contribution in [0, 0.1) is 0 Å². The van der Waals surface area contributed by atoms with E-state index in [4.69, 9.17) is 0 Å². The van der Waals surface area contributed by atoms with Crippen LogP contribution in [-0.4, -0.2) is 73.6 Å². The molecule has 1 aliphatic heterocycles. The highest BCUT2D eigenvalue weighted by Crippen LogP contribution is 2.39. The highest BCUT2D eigenvalue weighted by molar-refractivity contribution is 5.68. The molecule has 14 heteroatoms. The van der Waals surface area contributed by atoms with Crippen LogP contribution < -0.4 is 4.90 Å². The number of alkyl halides is 9. The number of benzene rings is 1. The third-order valence-electron chi connectivity index (χ3n) is 6.27. The van der Waals surface area contributed by atoms with E-state index in [2.05, 4.69) is 4.74 Å². The van der Waals surface area contributed by atoms with Crippen LogP contribution >= 0.6 is 0 Å². The first-order valence-electron chi connectivity index (χ1n) is 11.7. The van der Waals surface area contributed by atoms with E-state index in [1.54, 1.807) is 29.8 Å². The molecule has 1 aromatic rings. The van der Waals surface area contributed by atoms with E-state index in [0.29, 0.717) is 23.6 Å². The van der Waals surface area contributed by atoms with Crippen molar-refractivity contribution in [2.45, 2.75) is 70.3 Å². The van der Waals surface area contributed by atoms with E-state index < -0.39 is 36.3 Å². The summed E-state index contributed by atoms with van der Waals surface area (Å²) in [6, 6.07) is 3.74. The van der Waals surface area contributed by atoms with E-state index in [9.17, 15) is 44.3 Å². The van der Waals surface area contributed by atoms with Crippen LogP contribution in [0.2, 0.25) is 0 Å². The fourth-order valence-corrected chi connectivity index (χ4v) is 4.02. The summed E-state index contributed by atoms with van der Waals surface area (Å²) in [5.74, 6) is 0. The molecule has 1 fully saturated rings. The first-order chi connectivity index (χ1) is 16.9. The molecule has 1 aromatic carbocycles. The van der Waals surface area contributed by atoms with Crippen molar-refractivity contribution in [2.75, 3.05) is 38.1 Å². The molecule has 5 nitrogen and oxygen atoms in total. The summed E-state index contributed by atoms with van der Waals surface area (Å²) < 4.78 is 121. The quantitative estimate of drug-likeness (QED) is 0.330. The molecule has 2 rings (SSSR count). The van der Waals surface area contributed by atoms with Crippen LogP contribution in [0.4, 0.5) is 50.0 Å². The zero-order chi connectivity index (χ0) is 28.2. The number of ether oxygens (including phenoxy) is 1. The Hall–Kier alpha value is -2.38. The Morgan fingerprint density at radius 1 is 1.03 bits per heavy atom. The number of nitrogens with zero attached hydrogens (tertiary/aromatic N) is 3. The minimum absolute atomic E-state index is 0.102. The molecule has 0 aromatic heterocycles. The smallest absolute Gasteiger partial charge is 0.426 e. The van der Waals surface area contributed by atoms with E-state index in [1.807, 2.05) is 0 Å². The van der Waals surface area contributed by atoms with Crippen molar-refractivity contribution >= 4 is 11.8 Å². The lowest BCUT2D eigenvalue weighted by molar-refractivity contribution is -0.308. The Labute approximate surface area is 209 Å². The topological polar surface area (TPSA) is 36.0 Å². The molecule has 1 aliphatic rings. The summed E-state index contributed by atoms with van der Waals surface area (Å²) in [7, 11) is 1.62. The van der Waals surface area contributed by atoms with E-state index >= 15 is 0 Å². The van der Waals surface area contributed by atoms with Gasteiger partial charge in [0.05, 0.1) is 5.56 Å². The second kappa shape index (κ2) is 12.0. The average molecular weight is 551 g/mol. The summed E-state index contributed by atoms with van der Waals surface area (Å²) in [6.07, 6.45) is -20.4. The molecular weight excluding hydrogens is 521 g/mol. The molecule has 0 saturated carbocycles. The highest BCUT2D eigenvalue weighted by Gasteiger charge is 2.60. The van der Waals surface area contributed by atoms with Crippen LogP contribution in [-0.2, 0) is 17.5 Å². The lowest BCUT2D eigenvalue weighted by Crippen LogP contribution is -2.48. The summed E-state index contributed by atoms with van der Waals surface area (Å²) in [5, 5.41) is 0. The average Bonchev–Trinajstić information content (AvgIpc) is 3.30. The first-order valence-corrected chi connectivity index (χ1v) is 11.7. The van der Waals surface area contributed by atoms with Gasteiger partial charge in [0.25, 0.3) is 6.10 Å². The molecule has 0 aliphatic carbocycles. The first kappa shape index (κ1) is 30.8. The number of halogens is 9. The number of hydrogen-bond acceptors (Lipinski definition) is 4. The molecule has 1 saturated heterocycles. The van der Waals surface area contributed by atoms with Gasteiger partial charge in [-0.25, -0.2) is 4.79 Å². The van der Waals surface area contributed by atoms with Crippen LogP contribution in [0.3, 0.4) is 0 Å². The van der Waals surface area contributed by atoms with Crippen molar-refractivity contribution < 1.29 is 49.0 Å². The summed E-state index contributed by atoms with van der Waals surface area (Å²) >= 11 is 0. The lowest BCUT2D eigenvalue weighted by Gasteiger charge is -2.30. The van der Waals surface area contributed by atoms with Gasteiger partial charge < -0.3 is 14.5 Å². The monoisotopic (exact) mass is 551 g/mol. The number of carbonyl (C=O) groups is 1. The van der Waals surface area contributed by atoms with Crippen LogP contribution in [0.15, 0.2) is 18.2 Å². The lowest BCUT2D eigenvalue weighted by atomic mass is 10.1. The molecule has 1 amide bonds. The third-order valence-corrected chi connectivity index (χ3v) is 6.27. The van der Waals surface area contributed by atoms with Gasteiger partial charge in [-0.3, -0.25) is 4.90 Å². The number of rotatable bonds is 9. The van der Waals surface area contributed by atoms with Gasteiger partial charge in [0.1, 0.15) is 0 Å². The molecule has 0 bridgehead atoms. The predicted octanol–water partition coefficient (Wildman–Crippen LogP) is 6.47. The van der Waals surface area contributed by atoms with Gasteiger partial charge in [-0.05, 0) is 57.9 Å². The second-order valence-corrected chi connectivity index (χ2v) is 9.02. The van der Waals surface area contributed by atoms with Gasteiger partial charge in [0, 0.05) is 44.5 Å². The van der Waals surface area contributed by atoms with Gasteiger partial charge in [-0.15, -0.1) is 0 Å². The third kappa shape index (κ3) is 8.57. The van der Waals surface area contributed by atoms with Crippen molar-refractivity contribution in [1.82, 2.24) is 9.80 Å². The maximum absolute atomic E-state index is 13.7.